The van der Waals surface area contributed by atoms with E-state index in [0.29, 0.717) is 37.1 Å². The van der Waals surface area contributed by atoms with Crippen molar-refractivity contribution in [2.75, 3.05) is 32.9 Å². The molecule has 8 heteroatoms. The SMILES string of the molecule is C=Cc1ccc2c3c([nH]c2c1)C(c1c(F)cc(CC2CN(CCCF)C2)cc1F)N(CC(C)(F)F)[C@H](C)C3. The van der Waals surface area contributed by atoms with Gasteiger partial charge in [0, 0.05) is 54.8 Å². The number of hydrogen-bond acceptors (Lipinski definition) is 2. The van der Waals surface area contributed by atoms with E-state index in [0.717, 1.165) is 42.0 Å². The molecule has 2 aliphatic rings. The Labute approximate surface area is 220 Å². The van der Waals surface area contributed by atoms with Crippen molar-refractivity contribution in [2.45, 2.75) is 51.1 Å². The lowest BCUT2D eigenvalue weighted by Crippen LogP contribution is -2.48. The highest BCUT2D eigenvalue weighted by molar-refractivity contribution is 5.87. The van der Waals surface area contributed by atoms with Crippen LogP contribution < -0.4 is 0 Å². The summed E-state index contributed by atoms with van der Waals surface area (Å²) in [4.78, 5) is 6.96. The lowest BCUT2D eigenvalue weighted by atomic mass is 9.86. The number of nitrogens with one attached hydrogen (secondary N) is 1. The number of hydrogen-bond donors (Lipinski definition) is 1. The van der Waals surface area contributed by atoms with Gasteiger partial charge in [0.25, 0.3) is 5.92 Å². The summed E-state index contributed by atoms with van der Waals surface area (Å²) >= 11 is 0. The zero-order valence-electron chi connectivity index (χ0n) is 21.8. The second kappa shape index (κ2) is 10.5. The molecular formula is C30H34F5N3. The fourth-order valence-electron chi connectivity index (χ4n) is 6.21. The molecule has 1 unspecified atom stereocenters. The molecule has 38 heavy (non-hydrogen) atoms. The first-order valence-electron chi connectivity index (χ1n) is 13.2. The van der Waals surface area contributed by atoms with E-state index in [1.807, 2.05) is 25.1 Å². The van der Waals surface area contributed by atoms with Crippen LogP contribution in [-0.4, -0.2) is 59.6 Å². The van der Waals surface area contributed by atoms with Crippen LogP contribution >= 0.6 is 0 Å². The topological polar surface area (TPSA) is 22.3 Å². The highest BCUT2D eigenvalue weighted by Crippen LogP contribution is 2.43. The average molecular weight is 532 g/mol. The predicted octanol–water partition coefficient (Wildman–Crippen LogP) is 6.91. The first-order chi connectivity index (χ1) is 18.1. The summed E-state index contributed by atoms with van der Waals surface area (Å²) < 4.78 is 72.6. The van der Waals surface area contributed by atoms with E-state index in [2.05, 4.69) is 16.5 Å². The van der Waals surface area contributed by atoms with Gasteiger partial charge in [0.2, 0.25) is 0 Å². The minimum absolute atomic E-state index is 0.209. The minimum atomic E-state index is -3.04. The normalized spacial score (nSPS) is 21.0. The molecule has 1 N–H and O–H groups in total. The predicted molar refractivity (Wildman–Crippen MR) is 141 cm³/mol. The Bertz CT molecular complexity index is 1300. The molecule has 0 radical (unpaired) electrons. The van der Waals surface area contributed by atoms with E-state index >= 15 is 8.78 Å². The lowest BCUT2D eigenvalue weighted by molar-refractivity contribution is -0.0374. The Hall–Kier alpha value is -2.71. The molecule has 0 amide bonds. The number of benzene rings is 2. The zero-order valence-corrected chi connectivity index (χ0v) is 21.8. The third-order valence-corrected chi connectivity index (χ3v) is 7.91. The third kappa shape index (κ3) is 5.25. The molecule has 5 rings (SSSR count). The third-order valence-electron chi connectivity index (χ3n) is 7.91. The van der Waals surface area contributed by atoms with E-state index in [1.54, 1.807) is 6.08 Å². The van der Waals surface area contributed by atoms with Crippen molar-refractivity contribution in [3.63, 3.8) is 0 Å². The van der Waals surface area contributed by atoms with Gasteiger partial charge in [0.1, 0.15) is 11.6 Å². The largest absolute Gasteiger partial charge is 0.357 e. The number of likely N-dealkylation sites (tertiary alicyclic amines) is 1. The Kier molecular flexibility index (Phi) is 7.40. The van der Waals surface area contributed by atoms with E-state index in [4.69, 9.17) is 0 Å². The minimum Gasteiger partial charge on any atom is -0.357 e. The van der Waals surface area contributed by atoms with Gasteiger partial charge < -0.3 is 9.88 Å². The first-order valence-corrected chi connectivity index (χ1v) is 13.2. The van der Waals surface area contributed by atoms with Crippen LogP contribution in [0.5, 0.6) is 0 Å². The van der Waals surface area contributed by atoms with Gasteiger partial charge in [-0.2, -0.15) is 0 Å². The highest BCUT2D eigenvalue weighted by Gasteiger charge is 2.42. The molecule has 2 aliphatic heterocycles. The molecule has 2 atom stereocenters. The molecule has 3 nitrogen and oxygen atoms in total. The van der Waals surface area contributed by atoms with Crippen LogP contribution in [0.3, 0.4) is 0 Å². The summed E-state index contributed by atoms with van der Waals surface area (Å²) in [5, 5.41) is 0.921. The Morgan fingerprint density at radius 2 is 1.84 bits per heavy atom. The van der Waals surface area contributed by atoms with Gasteiger partial charge in [0.15, 0.2) is 0 Å². The van der Waals surface area contributed by atoms with Crippen molar-refractivity contribution in [1.29, 1.82) is 0 Å². The van der Waals surface area contributed by atoms with Gasteiger partial charge in [-0.1, -0.05) is 24.8 Å². The van der Waals surface area contributed by atoms with E-state index in [-0.39, 0.29) is 24.2 Å². The summed E-state index contributed by atoms with van der Waals surface area (Å²) in [6.45, 7) is 7.72. The van der Waals surface area contributed by atoms with Gasteiger partial charge in [0.05, 0.1) is 19.3 Å². The van der Waals surface area contributed by atoms with Crippen LogP contribution in [0, 0.1) is 17.6 Å². The Morgan fingerprint density at radius 1 is 1.13 bits per heavy atom. The van der Waals surface area contributed by atoms with E-state index < -0.39 is 30.1 Å². The van der Waals surface area contributed by atoms with Gasteiger partial charge in [-0.15, -0.1) is 0 Å². The molecular weight excluding hydrogens is 497 g/mol. The smallest absolute Gasteiger partial charge is 0.257 e. The first kappa shape index (κ1) is 26.9. The van der Waals surface area contributed by atoms with E-state index in [9.17, 15) is 13.2 Å². The molecule has 3 aromatic rings. The van der Waals surface area contributed by atoms with Gasteiger partial charge in [-0.25, -0.2) is 17.6 Å². The fourth-order valence-corrected chi connectivity index (χ4v) is 6.21. The van der Waals surface area contributed by atoms with Crippen LogP contribution in [0.1, 0.15) is 54.3 Å². The Morgan fingerprint density at radius 3 is 2.47 bits per heavy atom. The summed E-state index contributed by atoms with van der Waals surface area (Å²) in [5.41, 5.74) is 3.46. The molecule has 1 saturated heterocycles. The molecule has 0 spiro atoms. The van der Waals surface area contributed by atoms with Crippen LogP contribution in [0.4, 0.5) is 22.0 Å². The number of aromatic nitrogens is 1. The van der Waals surface area contributed by atoms with Crippen molar-refractivity contribution < 1.29 is 22.0 Å². The second-order valence-electron chi connectivity index (χ2n) is 11.1. The quantitative estimate of drug-likeness (QED) is 0.303. The summed E-state index contributed by atoms with van der Waals surface area (Å²) in [7, 11) is 0. The maximum absolute atomic E-state index is 15.8. The van der Waals surface area contributed by atoms with Gasteiger partial charge >= 0.3 is 0 Å². The number of halogens is 5. The summed E-state index contributed by atoms with van der Waals surface area (Å²) in [6, 6.07) is 7.09. The summed E-state index contributed by atoms with van der Waals surface area (Å²) in [5.74, 6) is -4.25. The van der Waals surface area contributed by atoms with Crippen molar-refractivity contribution in [1.82, 2.24) is 14.8 Å². The standard InChI is InChI=1S/C30H34F5N3/c1-4-19-6-7-22-23-10-18(2)38(17-30(3,34)35)29(28(23)36-26(22)14-19)27-24(32)12-20(13-25(27)33)11-21-15-37(16-21)9-5-8-31/h4,6-7,12-14,18,21,29,36H,1,5,8-11,15-17H2,2-3H3/t18-,29?/m1/s1. The molecule has 2 aromatic carbocycles. The van der Waals surface area contributed by atoms with Crippen molar-refractivity contribution >= 4 is 17.0 Å². The molecule has 0 bridgehead atoms. The fraction of sp³-hybridized carbons (Fsp3) is 0.467. The monoisotopic (exact) mass is 531 g/mol. The Balaban J connectivity index is 1.52. The maximum Gasteiger partial charge on any atom is 0.257 e. The van der Waals surface area contributed by atoms with Crippen molar-refractivity contribution in [3.05, 3.63) is 76.5 Å². The van der Waals surface area contributed by atoms with Crippen LogP contribution in [0.15, 0.2) is 36.9 Å². The highest BCUT2D eigenvalue weighted by atomic mass is 19.3. The van der Waals surface area contributed by atoms with Crippen molar-refractivity contribution in [2.24, 2.45) is 5.92 Å². The number of aromatic amines is 1. The van der Waals surface area contributed by atoms with Gasteiger partial charge in [-0.3, -0.25) is 9.29 Å². The average Bonchev–Trinajstić information content (AvgIpc) is 3.18. The molecule has 0 aliphatic carbocycles. The van der Waals surface area contributed by atoms with Crippen LogP contribution in [0.25, 0.3) is 17.0 Å². The molecule has 3 heterocycles. The molecule has 204 valence electrons. The number of nitrogens with zero attached hydrogens (tertiary/aromatic N) is 2. The van der Waals surface area contributed by atoms with Gasteiger partial charge in [-0.05, 0) is 67.0 Å². The van der Waals surface area contributed by atoms with E-state index in [1.165, 1.54) is 17.0 Å². The molecule has 1 aromatic heterocycles. The molecule has 0 saturated carbocycles. The van der Waals surface area contributed by atoms with Crippen LogP contribution in [0.2, 0.25) is 0 Å². The maximum atomic E-state index is 15.8. The zero-order chi connectivity index (χ0) is 27.2. The number of H-pyrrole nitrogens is 1. The number of fused-ring (bicyclic) bond motifs is 3. The summed E-state index contributed by atoms with van der Waals surface area (Å²) in [6.07, 6.45) is 3.20. The lowest BCUT2D eigenvalue weighted by Gasteiger charge is -2.42. The number of rotatable bonds is 9. The number of alkyl halides is 3. The molecule has 1 fully saturated rings. The van der Waals surface area contributed by atoms with Crippen LogP contribution in [-0.2, 0) is 12.8 Å². The second-order valence-corrected chi connectivity index (χ2v) is 11.1. The van der Waals surface area contributed by atoms with Crippen molar-refractivity contribution in [3.8, 4) is 0 Å².